The first-order chi connectivity index (χ1) is 9.76. The van der Waals surface area contributed by atoms with Gasteiger partial charge in [0.05, 0.1) is 12.1 Å². The van der Waals surface area contributed by atoms with Gasteiger partial charge in [0, 0.05) is 5.02 Å². The van der Waals surface area contributed by atoms with E-state index in [4.69, 9.17) is 16.3 Å². The molecule has 0 aliphatic heterocycles. The second-order valence-corrected chi connectivity index (χ2v) is 5.60. The molecule has 2 aromatic carbocycles. The van der Waals surface area contributed by atoms with Crippen LogP contribution in [0.3, 0.4) is 0 Å². The van der Waals surface area contributed by atoms with Gasteiger partial charge in [0.25, 0.3) is 0 Å². The van der Waals surface area contributed by atoms with Crippen molar-refractivity contribution in [3.8, 4) is 5.75 Å². The fourth-order valence-corrected chi connectivity index (χ4v) is 2.45. The van der Waals surface area contributed by atoms with Crippen LogP contribution in [0.5, 0.6) is 5.75 Å². The standard InChI is InChI=1S/C17H18ClNO/c1-19-17(12-5-7-14(18)8-6-12)13-3-2-4-16(11-13)20-15-9-10-15/h2-8,11,15,17,19H,9-10H2,1H3. The summed E-state index contributed by atoms with van der Waals surface area (Å²) in [5.74, 6) is 0.958. The topological polar surface area (TPSA) is 21.3 Å². The smallest absolute Gasteiger partial charge is 0.120 e. The maximum atomic E-state index is 5.95. The normalized spacial score (nSPS) is 15.9. The van der Waals surface area contributed by atoms with Crippen LogP contribution in [0.1, 0.15) is 30.0 Å². The Hall–Kier alpha value is -1.51. The van der Waals surface area contributed by atoms with E-state index in [2.05, 4.69) is 29.6 Å². The largest absolute Gasteiger partial charge is 0.490 e. The highest BCUT2D eigenvalue weighted by molar-refractivity contribution is 6.30. The van der Waals surface area contributed by atoms with Crippen LogP contribution in [0.15, 0.2) is 48.5 Å². The molecule has 0 spiro atoms. The van der Waals surface area contributed by atoms with Crippen LogP contribution in [0.4, 0.5) is 0 Å². The van der Waals surface area contributed by atoms with Crippen LogP contribution < -0.4 is 10.1 Å². The van der Waals surface area contributed by atoms with Gasteiger partial charge in [-0.05, 0) is 55.3 Å². The van der Waals surface area contributed by atoms with Gasteiger partial charge in [-0.1, -0.05) is 35.9 Å². The molecular weight excluding hydrogens is 270 g/mol. The van der Waals surface area contributed by atoms with Crippen molar-refractivity contribution in [1.29, 1.82) is 0 Å². The molecule has 1 unspecified atom stereocenters. The molecule has 1 fully saturated rings. The van der Waals surface area contributed by atoms with Gasteiger partial charge in [-0.3, -0.25) is 0 Å². The van der Waals surface area contributed by atoms with Crippen LogP contribution in [0.2, 0.25) is 5.02 Å². The van der Waals surface area contributed by atoms with Crippen molar-refractivity contribution in [1.82, 2.24) is 5.32 Å². The van der Waals surface area contributed by atoms with Gasteiger partial charge in [-0.15, -0.1) is 0 Å². The molecule has 20 heavy (non-hydrogen) atoms. The average Bonchev–Trinajstić information content (AvgIpc) is 3.26. The predicted molar refractivity (Wildman–Crippen MR) is 82.4 cm³/mol. The molecule has 1 aliphatic carbocycles. The summed E-state index contributed by atoms with van der Waals surface area (Å²) in [6.45, 7) is 0. The molecule has 1 atom stereocenters. The Labute approximate surface area is 124 Å². The molecule has 2 aromatic rings. The molecule has 0 saturated heterocycles. The van der Waals surface area contributed by atoms with Crippen molar-refractivity contribution in [2.45, 2.75) is 25.0 Å². The number of benzene rings is 2. The van der Waals surface area contributed by atoms with Gasteiger partial charge in [-0.2, -0.15) is 0 Å². The highest BCUT2D eigenvalue weighted by Crippen LogP contribution is 2.30. The first-order valence-electron chi connectivity index (χ1n) is 6.95. The van der Waals surface area contributed by atoms with Crippen molar-refractivity contribution >= 4 is 11.6 Å². The van der Waals surface area contributed by atoms with Gasteiger partial charge in [0.15, 0.2) is 0 Å². The third-order valence-electron chi connectivity index (χ3n) is 3.51. The summed E-state index contributed by atoms with van der Waals surface area (Å²) < 4.78 is 5.87. The van der Waals surface area contributed by atoms with Crippen LogP contribution in [-0.2, 0) is 0 Å². The molecule has 1 aliphatic rings. The Morgan fingerprint density at radius 2 is 1.85 bits per heavy atom. The van der Waals surface area contributed by atoms with Crippen molar-refractivity contribution < 1.29 is 4.74 Å². The Morgan fingerprint density at radius 1 is 1.10 bits per heavy atom. The van der Waals surface area contributed by atoms with E-state index in [0.717, 1.165) is 10.8 Å². The molecule has 3 rings (SSSR count). The number of nitrogens with one attached hydrogen (secondary N) is 1. The number of halogens is 1. The van der Waals surface area contributed by atoms with E-state index < -0.39 is 0 Å². The lowest BCUT2D eigenvalue weighted by atomic mass is 9.99. The van der Waals surface area contributed by atoms with E-state index in [9.17, 15) is 0 Å². The van der Waals surface area contributed by atoms with Gasteiger partial charge >= 0.3 is 0 Å². The molecule has 0 aromatic heterocycles. The SMILES string of the molecule is CNC(c1ccc(Cl)cc1)c1cccc(OC2CC2)c1. The molecule has 104 valence electrons. The molecule has 1 N–H and O–H groups in total. The van der Waals surface area contributed by atoms with E-state index in [1.165, 1.54) is 24.0 Å². The van der Waals surface area contributed by atoms with Crippen LogP contribution in [0.25, 0.3) is 0 Å². The Kier molecular flexibility index (Phi) is 3.95. The van der Waals surface area contributed by atoms with Crippen molar-refractivity contribution in [2.24, 2.45) is 0 Å². The van der Waals surface area contributed by atoms with Gasteiger partial charge in [-0.25, -0.2) is 0 Å². The summed E-state index contributed by atoms with van der Waals surface area (Å²) in [5.41, 5.74) is 2.40. The summed E-state index contributed by atoms with van der Waals surface area (Å²) in [6.07, 6.45) is 2.78. The molecule has 0 bridgehead atoms. The second-order valence-electron chi connectivity index (χ2n) is 5.16. The quantitative estimate of drug-likeness (QED) is 0.890. The zero-order chi connectivity index (χ0) is 13.9. The van der Waals surface area contributed by atoms with Crippen LogP contribution in [-0.4, -0.2) is 13.2 Å². The summed E-state index contributed by atoms with van der Waals surface area (Å²) in [4.78, 5) is 0. The third kappa shape index (κ3) is 3.14. The minimum absolute atomic E-state index is 0.148. The average molecular weight is 288 g/mol. The Morgan fingerprint density at radius 3 is 2.50 bits per heavy atom. The fourth-order valence-electron chi connectivity index (χ4n) is 2.33. The summed E-state index contributed by atoms with van der Waals surface area (Å²) in [7, 11) is 1.97. The molecule has 1 saturated carbocycles. The highest BCUT2D eigenvalue weighted by Gasteiger charge is 2.23. The summed E-state index contributed by atoms with van der Waals surface area (Å²) in [6, 6.07) is 16.4. The monoisotopic (exact) mass is 287 g/mol. The third-order valence-corrected chi connectivity index (χ3v) is 3.76. The molecule has 0 heterocycles. The highest BCUT2D eigenvalue weighted by atomic mass is 35.5. The minimum Gasteiger partial charge on any atom is -0.490 e. The van der Waals surface area contributed by atoms with Gasteiger partial charge in [0.1, 0.15) is 5.75 Å². The number of hydrogen-bond donors (Lipinski definition) is 1. The summed E-state index contributed by atoms with van der Waals surface area (Å²) in [5, 5.41) is 4.11. The lowest BCUT2D eigenvalue weighted by Crippen LogP contribution is -2.17. The zero-order valence-electron chi connectivity index (χ0n) is 11.5. The van der Waals surface area contributed by atoms with Crippen molar-refractivity contribution in [3.05, 3.63) is 64.7 Å². The van der Waals surface area contributed by atoms with Crippen molar-refractivity contribution in [2.75, 3.05) is 7.05 Å². The second kappa shape index (κ2) is 5.86. The fraction of sp³-hybridized carbons (Fsp3) is 0.294. The molecule has 3 heteroatoms. The van der Waals surface area contributed by atoms with Crippen LogP contribution >= 0.6 is 11.6 Å². The maximum Gasteiger partial charge on any atom is 0.120 e. The predicted octanol–water partition coefficient (Wildman–Crippen LogP) is 4.19. The maximum absolute atomic E-state index is 5.95. The van der Waals surface area contributed by atoms with E-state index >= 15 is 0 Å². The number of hydrogen-bond acceptors (Lipinski definition) is 2. The molecule has 0 amide bonds. The molecule has 2 nitrogen and oxygen atoms in total. The first-order valence-corrected chi connectivity index (χ1v) is 7.33. The molecule has 0 radical (unpaired) electrons. The van der Waals surface area contributed by atoms with E-state index in [1.54, 1.807) is 0 Å². The lowest BCUT2D eigenvalue weighted by molar-refractivity contribution is 0.302. The Balaban J connectivity index is 1.85. The van der Waals surface area contributed by atoms with E-state index in [0.29, 0.717) is 6.10 Å². The lowest BCUT2D eigenvalue weighted by Gasteiger charge is -2.18. The molecular formula is C17H18ClNO. The number of ether oxygens (including phenoxy) is 1. The van der Waals surface area contributed by atoms with Gasteiger partial charge in [0.2, 0.25) is 0 Å². The minimum atomic E-state index is 0.148. The van der Waals surface area contributed by atoms with Crippen LogP contribution in [0, 0.1) is 0 Å². The van der Waals surface area contributed by atoms with E-state index in [-0.39, 0.29) is 6.04 Å². The zero-order valence-corrected chi connectivity index (χ0v) is 12.2. The van der Waals surface area contributed by atoms with E-state index in [1.807, 2.05) is 31.3 Å². The summed E-state index contributed by atoms with van der Waals surface area (Å²) >= 11 is 5.95. The number of rotatable bonds is 5. The first kappa shape index (κ1) is 13.5. The van der Waals surface area contributed by atoms with Crippen molar-refractivity contribution in [3.63, 3.8) is 0 Å². The van der Waals surface area contributed by atoms with Gasteiger partial charge < -0.3 is 10.1 Å². The Bertz CT molecular complexity index is 578.